The highest BCUT2D eigenvalue weighted by atomic mass is 16.5. The highest BCUT2D eigenvalue weighted by Crippen LogP contribution is 2.27. The van der Waals surface area contributed by atoms with Gasteiger partial charge >= 0.3 is 0 Å². The van der Waals surface area contributed by atoms with Gasteiger partial charge in [0.15, 0.2) is 0 Å². The Morgan fingerprint density at radius 3 is 2.56 bits per heavy atom. The van der Waals surface area contributed by atoms with Crippen LogP contribution in [0.25, 0.3) is 5.57 Å². The van der Waals surface area contributed by atoms with Gasteiger partial charge in [-0.15, -0.1) is 0 Å². The monoisotopic (exact) mass is 246 g/mol. The molecular weight excluding hydrogens is 224 g/mol. The van der Waals surface area contributed by atoms with Crippen molar-refractivity contribution < 1.29 is 9.84 Å². The second-order valence-electron chi connectivity index (χ2n) is 5.20. The smallest absolute Gasteiger partial charge is 0.119 e. The number of aliphatic hydroxyl groups is 1. The van der Waals surface area contributed by atoms with Crippen LogP contribution in [0.5, 0.6) is 5.75 Å². The molecule has 0 spiro atoms. The zero-order chi connectivity index (χ0) is 13.0. The van der Waals surface area contributed by atoms with E-state index in [4.69, 9.17) is 4.74 Å². The fourth-order valence-electron chi connectivity index (χ4n) is 2.33. The minimum Gasteiger partial charge on any atom is -0.491 e. The molecule has 1 aromatic carbocycles. The SMILES string of the molecule is CC(C)Oc1ccc(C2=CC(O)CCCC2)cc1. The van der Waals surface area contributed by atoms with Crippen molar-refractivity contribution in [2.75, 3.05) is 0 Å². The molecule has 0 radical (unpaired) electrons. The van der Waals surface area contributed by atoms with Crippen LogP contribution < -0.4 is 4.74 Å². The third kappa shape index (κ3) is 3.61. The van der Waals surface area contributed by atoms with Gasteiger partial charge in [-0.2, -0.15) is 0 Å². The van der Waals surface area contributed by atoms with E-state index in [1.807, 2.05) is 32.1 Å². The Morgan fingerprint density at radius 2 is 1.89 bits per heavy atom. The molecule has 0 fully saturated rings. The Kier molecular flexibility index (Phi) is 4.43. The predicted octanol–water partition coefficient (Wildman–Crippen LogP) is 3.79. The molecule has 18 heavy (non-hydrogen) atoms. The standard InChI is InChI=1S/C16H22O2/c1-12(2)18-16-9-7-13(8-10-16)14-5-3-4-6-15(17)11-14/h7-12,15,17H,3-6H2,1-2H3. The normalized spacial score (nSPS) is 20.4. The first-order chi connectivity index (χ1) is 8.65. The van der Waals surface area contributed by atoms with Crippen LogP contribution in [0.2, 0.25) is 0 Å². The fraction of sp³-hybridized carbons (Fsp3) is 0.500. The van der Waals surface area contributed by atoms with Crippen molar-refractivity contribution in [2.24, 2.45) is 0 Å². The summed E-state index contributed by atoms with van der Waals surface area (Å²) < 4.78 is 5.63. The summed E-state index contributed by atoms with van der Waals surface area (Å²) in [5.74, 6) is 0.906. The van der Waals surface area contributed by atoms with Crippen LogP contribution in [0.15, 0.2) is 30.3 Å². The second-order valence-corrected chi connectivity index (χ2v) is 5.20. The second kappa shape index (κ2) is 6.05. The minimum atomic E-state index is -0.283. The summed E-state index contributed by atoms with van der Waals surface area (Å²) in [5, 5.41) is 9.79. The van der Waals surface area contributed by atoms with Crippen LogP contribution >= 0.6 is 0 Å². The maximum absolute atomic E-state index is 9.79. The average Bonchev–Trinajstić information content (AvgIpc) is 2.54. The summed E-state index contributed by atoms with van der Waals surface area (Å²) in [6, 6.07) is 8.18. The number of hydrogen-bond donors (Lipinski definition) is 1. The zero-order valence-corrected chi connectivity index (χ0v) is 11.2. The Bertz CT molecular complexity index is 404. The van der Waals surface area contributed by atoms with Crippen LogP contribution in [0.3, 0.4) is 0 Å². The molecule has 1 aliphatic carbocycles. The molecule has 2 rings (SSSR count). The average molecular weight is 246 g/mol. The van der Waals surface area contributed by atoms with E-state index < -0.39 is 0 Å². The maximum Gasteiger partial charge on any atom is 0.119 e. The van der Waals surface area contributed by atoms with E-state index in [0.717, 1.165) is 31.4 Å². The number of benzene rings is 1. The van der Waals surface area contributed by atoms with E-state index in [9.17, 15) is 5.11 Å². The van der Waals surface area contributed by atoms with Crippen molar-refractivity contribution in [1.82, 2.24) is 0 Å². The van der Waals surface area contributed by atoms with Crippen molar-refractivity contribution in [3.05, 3.63) is 35.9 Å². The van der Waals surface area contributed by atoms with E-state index in [-0.39, 0.29) is 12.2 Å². The van der Waals surface area contributed by atoms with Gasteiger partial charge in [-0.3, -0.25) is 0 Å². The number of rotatable bonds is 3. The molecule has 0 amide bonds. The van der Waals surface area contributed by atoms with E-state index in [1.165, 1.54) is 11.1 Å². The lowest BCUT2D eigenvalue weighted by Crippen LogP contribution is -2.05. The van der Waals surface area contributed by atoms with E-state index >= 15 is 0 Å². The van der Waals surface area contributed by atoms with Gasteiger partial charge in [0.25, 0.3) is 0 Å². The molecule has 0 bridgehead atoms. The molecule has 2 nitrogen and oxygen atoms in total. The lowest BCUT2D eigenvalue weighted by molar-refractivity contribution is 0.211. The predicted molar refractivity (Wildman–Crippen MR) is 74.7 cm³/mol. The van der Waals surface area contributed by atoms with Gasteiger partial charge < -0.3 is 9.84 Å². The first-order valence-electron chi connectivity index (χ1n) is 6.81. The van der Waals surface area contributed by atoms with Gasteiger partial charge in [-0.1, -0.05) is 24.6 Å². The molecule has 0 saturated carbocycles. The highest BCUT2D eigenvalue weighted by molar-refractivity contribution is 5.66. The first kappa shape index (κ1) is 13.2. The quantitative estimate of drug-likeness (QED) is 0.879. The van der Waals surface area contributed by atoms with Crippen LogP contribution in [-0.4, -0.2) is 17.3 Å². The number of hydrogen-bond acceptors (Lipinski definition) is 2. The fourth-order valence-corrected chi connectivity index (χ4v) is 2.33. The van der Waals surface area contributed by atoms with Gasteiger partial charge in [-0.25, -0.2) is 0 Å². The Labute approximate surface area is 109 Å². The molecule has 1 aromatic rings. The minimum absolute atomic E-state index is 0.203. The van der Waals surface area contributed by atoms with Gasteiger partial charge in [0.2, 0.25) is 0 Å². The molecular formula is C16H22O2. The topological polar surface area (TPSA) is 29.5 Å². The molecule has 1 atom stereocenters. The summed E-state index contributed by atoms with van der Waals surface area (Å²) in [7, 11) is 0. The molecule has 0 saturated heterocycles. The molecule has 2 heteroatoms. The van der Waals surface area contributed by atoms with Crippen molar-refractivity contribution in [3.8, 4) is 5.75 Å². The lowest BCUT2D eigenvalue weighted by Gasteiger charge is -2.11. The van der Waals surface area contributed by atoms with Crippen molar-refractivity contribution in [1.29, 1.82) is 0 Å². The molecule has 1 unspecified atom stereocenters. The zero-order valence-electron chi connectivity index (χ0n) is 11.2. The van der Waals surface area contributed by atoms with Gasteiger partial charge in [0.1, 0.15) is 5.75 Å². The molecule has 98 valence electrons. The summed E-state index contributed by atoms with van der Waals surface area (Å²) in [6.07, 6.45) is 6.14. The number of allylic oxidation sites excluding steroid dienone is 1. The maximum atomic E-state index is 9.79. The lowest BCUT2D eigenvalue weighted by atomic mass is 10.0. The summed E-state index contributed by atoms with van der Waals surface area (Å²) >= 11 is 0. The molecule has 0 aromatic heterocycles. The Balaban J connectivity index is 2.13. The highest BCUT2D eigenvalue weighted by Gasteiger charge is 2.11. The van der Waals surface area contributed by atoms with Crippen LogP contribution in [0, 0.1) is 0 Å². The van der Waals surface area contributed by atoms with Crippen molar-refractivity contribution >= 4 is 5.57 Å². The van der Waals surface area contributed by atoms with Gasteiger partial charge in [0.05, 0.1) is 12.2 Å². The number of aliphatic hydroxyl groups excluding tert-OH is 1. The summed E-state index contributed by atoms with van der Waals surface area (Å²) in [4.78, 5) is 0. The van der Waals surface area contributed by atoms with Crippen molar-refractivity contribution in [2.45, 2.75) is 51.7 Å². The molecule has 0 heterocycles. The summed E-state index contributed by atoms with van der Waals surface area (Å²) in [5.41, 5.74) is 2.46. The molecule has 0 aliphatic heterocycles. The van der Waals surface area contributed by atoms with Crippen molar-refractivity contribution in [3.63, 3.8) is 0 Å². The largest absolute Gasteiger partial charge is 0.491 e. The van der Waals surface area contributed by atoms with Crippen LogP contribution in [0.1, 0.15) is 45.1 Å². The Hall–Kier alpha value is -1.28. The van der Waals surface area contributed by atoms with Gasteiger partial charge in [-0.05, 0) is 56.4 Å². The van der Waals surface area contributed by atoms with E-state index in [2.05, 4.69) is 12.1 Å². The van der Waals surface area contributed by atoms with E-state index in [1.54, 1.807) is 0 Å². The van der Waals surface area contributed by atoms with Crippen LogP contribution in [-0.2, 0) is 0 Å². The van der Waals surface area contributed by atoms with Gasteiger partial charge in [0, 0.05) is 0 Å². The third-order valence-corrected chi connectivity index (χ3v) is 3.19. The number of ether oxygens (including phenoxy) is 1. The first-order valence-corrected chi connectivity index (χ1v) is 6.81. The van der Waals surface area contributed by atoms with E-state index in [0.29, 0.717) is 0 Å². The molecule has 1 N–H and O–H groups in total. The Morgan fingerprint density at radius 1 is 1.17 bits per heavy atom. The van der Waals surface area contributed by atoms with Crippen LogP contribution in [0.4, 0.5) is 0 Å². The molecule has 1 aliphatic rings. The summed E-state index contributed by atoms with van der Waals surface area (Å²) in [6.45, 7) is 4.05. The third-order valence-electron chi connectivity index (χ3n) is 3.19.